The van der Waals surface area contributed by atoms with E-state index >= 15 is 0 Å². The SMILES string of the molecule is CCCCOCCCNC(=O)Nc1nc2ccccc2s1. The number of hydrogen-bond acceptors (Lipinski definition) is 4. The molecule has 1 heterocycles. The van der Waals surface area contributed by atoms with Crippen LogP contribution in [-0.4, -0.2) is 30.8 Å². The molecule has 0 aliphatic rings. The van der Waals surface area contributed by atoms with Gasteiger partial charge in [0.2, 0.25) is 0 Å². The number of carbonyl (C=O) groups excluding carboxylic acids is 1. The fourth-order valence-corrected chi connectivity index (χ4v) is 2.65. The van der Waals surface area contributed by atoms with E-state index in [1.54, 1.807) is 0 Å². The van der Waals surface area contributed by atoms with Crippen LogP contribution in [0.3, 0.4) is 0 Å². The number of hydrogen-bond donors (Lipinski definition) is 2. The molecule has 1 aromatic heterocycles. The van der Waals surface area contributed by atoms with Gasteiger partial charge in [0.1, 0.15) is 0 Å². The predicted molar refractivity (Wildman–Crippen MR) is 87.0 cm³/mol. The first-order chi connectivity index (χ1) is 10.3. The summed E-state index contributed by atoms with van der Waals surface area (Å²) in [7, 11) is 0. The first kappa shape index (κ1) is 15.7. The van der Waals surface area contributed by atoms with Crippen molar-refractivity contribution >= 4 is 32.7 Å². The lowest BCUT2D eigenvalue weighted by Gasteiger charge is -2.06. The van der Waals surface area contributed by atoms with Gasteiger partial charge in [-0.25, -0.2) is 9.78 Å². The van der Waals surface area contributed by atoms with Crippen molar-refractivity contribution in [2.45, 2.75) is 26.2 Å². The minimum Gasteiger partial charge on any atom is -0.381 e. The number of benzene rings is 1. The van der Waals surface area contributed by atoms with Crippen LogP contribution in [0.4, 0.5) is 9.93 Å². The van der Waals surface area contributed by atoms with E-state index in [4.69, 9.17) is 4.74 Å². The monoisotopic (exact) mass is 307 g/mol. The van der Waals surface area contributed by atoms with Crippen LogP contribution in [0.1, 0.15) is 26.2 Å². The molecule has 0 bridgehead atoms. The average molecular weight is 307 g/mol. The van der Waals surface area contributed by atoms with E-state index in [-0.39, 0.29) is 6.03 Å². The third-order valence-corrected chi connectivity index (χ3v) is 3.86. The van der Waals surface area contributed by atoms with Crippen molar-refractivity contribution in [2.75, 3.05) is 25.1 Å². The minimum atomic E-state index is -0.220. The molecule has 2 aromatic rings. The van der Waals surface area contributed by atoms with Crippen molar-refractivity contribution in [1.82, 2.24) is 10.3 Å². The van der Waals surface area contributed by atoms with Gasteiger partial charge in [0.15, 0.2) is 5.13 Å². The van der Waals surface area contributed by atoms with E-state index in [0.29, 0.717) is 18.3 Å². The summed E-state index contributed by atoms with van der Waals surface area (Å²) < 4.78 is 6.50. The van der Waals surface area contributed by atoms with Gasteiger partial charge in [-0.05, 0) is 25.0 Å². The highest BCUT2D eigenvalue weighted by molar-refractivity contribution is 7.22. The van der Waals surface area contributed by atoms with Gasteiger partial charge in [-0.1, -0.05) is 36.8 Å². The molecule has 0 aliphatic carbocycles. The second kappa shape index (κ2) is 8.59. The van der Waals surface area contributed by atoms with Gasteiger partial charge >= 0.3 is 6.03 Å². The summed E-state index contributed by atoms with van der Waals surface area (Å²) in [6, 6.07) is 7.60. The van der Waals surface area contributed by atoms with Crippen LogP contribution in [0.25, 0.3) is 10.2 Å². The number of nitrogens with zero attached hydrogens (tertiary/aromatic N) is 1. The number of thiazole rings is 1. The first-order valence-corrected chi connectivity index (χ1v) is 8.09. The van der Waals surface area contributed by atoms with Crippen LogP contribution in [0, 0.1) is 0 Å². The number of para-hydroxylation sites is 1. The summed E-state index contributed by atoms with van der Waals surface area (Å²) in [6.45, 7) is 4.22. The van der Waals surface area contributed by atoms with Crippen LogP contribution < -0.4 is 10.6 Å². The molecule has 0 radical (unpaired) electrons. The molecule has 114 valence electrons. The molecule has 1 aromatic carbocycles. The Balaban J connectivity index is 1.65. The van der Waals surface area contributed by atoms with Crippen LogP contribution in [0.2, 0.25) is 0 Å². The van der Waals surface area contributed by atoms with Crippen LogP contribution in [0.15, 0.2) is 24.3 Å². The number of unbranched alkanes of at least 4 members (excludes halogenated alkanes) is 1. The molecule has 5 nitrogen and oxygen atoms in total. The zero-order chi connectivity index (χ0) is 14.9. The Morgan fingerprint density at radius 3 is 2.90 bits per heavy atom. The normalized spacial score (nSPS) is 10.7. The fraction of sp³-hybridized carbons (Fsp3) is 0.467. The average Bonchev–Trinajstić information content (AvgIpc) is 2.88. The standard InChI is InChI=1S/C15H21N3O2S/c1-2-3-10-20-11-6-9-16-14(19)18-15-17-12-7-4-5-8-13(12)21-15/h4-5,7-8H,2-3,6,9-11H2,1H3,(H2,16,17,18,19). The highest BCUT2D eigenvalue weighted by Gasteiger charge is 2.06. The van der Waals surface area contributed by atoms with Crippen molar-refractivity contribution in [3.63, 3.8) is 0 Å². The van der Waals surface area contributed by atoms with Crippen LogP contribution in [0.5, 0.6) is 0 Å². The number of aromatic nitrogens is 1. The zero-order valence-electron chi connectivity index (χ0n) is 12.2. The summed E-state index contributed by atoms with van der Waals surface area (Å²) in [6.07, 6.45) is 3.05. The second-order valence-electron chi connectivity index (χ2n) is 4.69. The Hall–Kier alpha value is -1.66. The van der Waals surface area contributed by atoms with E-state index in [0.717, 1.165) is 36.1 Å². The highest BCUT2D eigenvalue weighted by atomic mass is 32.1. The van der Waals surface area contributed by atoms with Gasteiger partial charge in [-0.15, -0.1) is 0 Å². The highest BCUT2D eigenvalue weighted by Crippen LogP contribution is 2.25. The van der Waals surface area contributed by atoms with Gasteiger partial charge in [-0.2, -0.15) is 0 Å². The molecule has 6 heteroatoms. The van der Waals surface area contributed by atoms with Gasteiger partial charge in [-0.3, -0.25) is 5.32 Å². The van der Waals surface area contributed by atoms with E-state index in [1.165, 1.54) is 11.3 Å². The Morgan fingerprint density at radius 2 is 2.10 bits per heavy atom. The second-order valence-corrected chi connectivity index (χ2v) is 5.72. The summed E-state index contributed by atoms with van der Waals surface area (Å²) in [5, 5.41) is 6.18. The van der Waals surface area contributed by atoms with Crippen molar-refractivity contribution < 1.29 is 9.53 Å². The Morgan fingerprint density at radius 1 is 1.29 bits per heavy atom. The van der Waals surface area contributed by atoms with Crippen LogP contribution in [-0.2, 0) is 4.74 Å². The molecule has 0 fully saturated rings. The van der Waals surface area contributed by atoms with Crippen molar-refractivity contribution in [2.24, 2.45) is 0 Å². The van der Waals surface area contributed by atoms with E-state index in [9.17, 15) is 4.79 Å². The van der Waals surface area contributed by atoms with Gasteiger partial charge < -0.3 is 10.1 Å². The minimum absolute atomic E-state index is 0.220. The van der Waals surface area contributed by atoms with Gasteiger partial charge in [0.05, 0.1) is 10.2 Å². The molecular weight excluding hydrogens is 286 g/mol. The quantitative estimate of drug-likeness (QED) is 0.732. The first-order valence-electron chi connectivity index (χ1n) is 7.27. The lowest BCUT2D eigenvalue weighted by atomic mass is 10.3. The smallest absolute Gasteiger partial charge is 0.321 e. The number of urea groups is 1. The molecule has 0 aliphatic heterocycles. The molecule has 0 spiro atoms. The molecular formula is C15H21N3O2S. The summed E-state index contributed by atoms with van der Waals surface area (Å²) in [5.41, 5.74) is 0.905. The number of ether oxygens (including phenoxy) is 1. The van der Waals surface area contributed by atoms with E-state index in [2.05, 4.69) is 22.5 Å². The lowest BCUT2D eigenvalue weighted by molar-refractivity contribution is 0.129. The fourth-order valence-electron chi connectivity index (χ4n) is 1.79. The predicted octanol–water partition coefficient (Wildman–Crippen LogP) is 3.62. The number of rotatable bonds is 8. The van der Waals surface area contributed by atoms with Crippen LogP contribution >= 0.6 is 11.3 Å². The lowest BCUT2D eigenvalue weighted by Crippen LogP contribution is -2.30. The summed E-state index contributed by atoms with van der Waals surface area (Å²) >= 11 is 1.47. The van der Waals surface area contributed by atoms with Gasteiger partial charge in [0.25, 0.3) is 0 Å². The van der Waals surface area contributed by atoms with E-state index < -0.39 is 0 Å². The number of carbonyl (C=O) groups is 1. The maximum atomic E-state index is 11.7. The van der Waals surface area contributed by atoms with Crippen molar-refractivity contribution in [1.29, 1.82) is 0 Å². The summed E-state index contributed by atoms with van der Waals surface area (Å²) in [4.78, 5) is 16.1. The largest absolute Gasteiger partial charge is 0.381 e. The topological polar surface area (TPSA) is 63.2 Å². The molecule has 2 rings (SSSR count). The third-order valence-electron chi connectivity index (χ3n) is 2.91. The molecule has 0 atom stereocenters. The molecule has 0 saturated heterocycles. The number of anilines is 1. The molecule has 0 saturated carbocycles. The Bertz CT molecular complexity index is 538. The molecule has 0 unspecified atom stereocenters. The molecule has 2 amide bonds. The maximum absolute atomic E-state index is 11.7. The van der Waals surface area contributed by atoms with Crippen molar-refractivity contribution in [3.05, 3.63) is 24.3 Å². The molecule has 21 heavy (non-hydrogen) atoms. The maximum Gasteiger partial charge on any atom is 0.321 e. The van der Waals surface area contributed by atoms with Crippen molar-refractivity contribution in [3.8, 4) is 0 Å². The number of amides is 2. The molecule has 2 N–H and O–H groups in total. The van der Waals surface area contributed by atoms with E-state index in [1.807, 2.05) is 24.3 Å². The Labute approximate surface area is 128 Å². The third kappa shape index (κ3) is 5.32. The zero-order valence-corrected chi connectivity index (χ0v) is 13.0. The summed E-state index contributed by atoms with van der Waals surface area (Å²) in [5.74, 6) is 0. The number of fused-ring (bicyclic) bond motifs is 1. The number of nitrogens with one attached hydrogen (secondary N) is 2. The van der Waals surface area contributed by atoms with Gasteiger partial charge in [0, 0.05) is 19.8 Å². The Kier molecular flexibility index (Phi) is 6.43.